The number of thiophene rings is 1. The third kappa shape index (κ3) is 2.78. The number of piperidine rings is 1. The van der Waals surface area contributed by atoms with Gasteiger partial charge in [-0.1, -0.05) is 22.4 Å². The Morgan fingerprint density at radius 3 is 2.82 bits per heavy atom. The third-order valence-electron chi connectivity index (χ3n) is 2.88. The minimum Gasteiger partial charge on any atom is -0.206 e. The van der Waals surface area contributed by atoms with Gasteiger partial charge in [0.2, 0.25) is 0 Å². The smallest absolute Gasteiger partial charge is 0.206 e. The predicted molar refractivity (Wildman–Crippen MR) is 77.3 cm³/mol. The van der Waals surface area contributed by atoms with Gasteiger partial charge in [-0.15, -0.1) is 11.3 Å². The zero-order valence-corrected chi connectivity index (χ0v) is 13.9. The monoisotopic (exact) mass is 401 g/mol. The van der Waals surface area contributed by atoms with Crippen LogP contribution in [0, 0.1) is 0 Å². The summed E-state index contributed by atoms with van der Waals surface area (Å²) in [5, 5.41) is 2.50. The van der Waals surface area contributed by atoms with Crippen LogP contribution < -0.4 is 0 Å². The van der Waals surface area contributed by atoms with Crippen LogP contribution in [-0.2, 0) is 10.0 Å². The van der Waals surface area contributed by atoms with Gasteiger partial charge in [0.15, 0.2) is 0 Å². The zero-order valence-electron chi connectivity index (χ0n) is 9.10. The number of sulfonamides is 1. The summed E-state index contributed by atoms with van der Waals surface area (Å²) >= 11 is 7.99. The van der Waals surface area contributed by atoms with E-state index in [1.165, 1.54) is 11.3 Å². The van der Waals surface area contributed by atoms with Crippen LogP contribution in [0.5, 0.6) is 0 Å². The quantitative estimate of drug-likeness (QED) is 0.726. The van der Waals surface area contributed by atoms with Crippen LogP contribution in [0.2, 0.25) is 0 Å². The molecule has 0 aromatic carbocycles. The highest BCUT2D eigenvalue weighted by Crippen LogP contribution is 2.33. The lowest BCUT2D eigenvalue weighted by molar-refractivity contribution is 0.274. The SMILES string of the molecule is O=S(=O)(c1sccc1Br)N1CCCCC1CBr. The Morgan fingerprint density at radius 2 is 2.24 bits per heavy atom. The molecule has 0 radical (unpaired) electrons. The molecule has 0 spiro atoms. The van der Waals surface area contributed by atoms with Crippen molar-refractivity contribution < 1.29 is 8.42 Å². The van der Waals surface area contributed by atoms with E-state index in [2.05, 4.69) is 31.9 Å². The zero-order chi connectivity index (χ0) is 12.5. The number of nitrogens with zero attached hydrogens (tertiary/aromatic N) is 1. The van der Waals surface area contributed by atoms with Crippen molar-refractivity contribution >= 4 is 53.2 Å². The van der Waals surface area contributed by atoms with Gasteiger partial charge < -0.3 is 0 Å². The molecule has 1 aliphatic rings. The summed E-state index contributed by atoms with van der Waals surface area (Å²) in [6.07, 6.45) is 2.99. The Balaban J connectivity index is 2.34. The molecule has 1 aliphatic heterocycles. The molecule has 1 atom stereocenters. The summed E-state index contributed by atoms with van der Waals surface area (Å²) in [6, 6.07) is 1.87. The summed E-state index contributed by atoms with van der Waals surface area (Å²) in [6.45, 7) is 0.628. The van der Waals surface area contributed by atoms with Crippen LogP contribution in [0.3, 0.4) is 0 Å². The molecule has 0 bridgehead atoms. The first-order chi connectivity index (χ1) is 8.07. The first-order valence-corrected chi connectivity index (χ1v) is 9.61. The molecule has 0 saturated carbocycles. The van der Waals surface area contributed by atoms with Crippen molar-refractivity contribution in [2.24, 2.45) is 0 Å². The summed E-state index contributed by atoms with van der Waals surface area (Å²) in [5.41, 5.74) is 0. The molecule has 17 heavy (non-hydrogen) atoms. The van der Waals surface area contributed by atoms with E-state index in [0.29, 0.717) is 20.6 Å². The van der Waals surface area contributed by atoms with E-state index in [9.17, 15) is 8.42 Å². The highest BCUT2D eigenvalue weighted by Gasteiger charge is 2.34. The fourth-order valence-electron chi connectivity index (χ4n) is 2.02. The van der Waals surface area contributed by atoms with Crippen molar-refractivity contribution in [2.45, 2.75) is 29.5 Å². The number of alkyl halides is 1. The molecule has 0 aliphatic carbocycles. The van der Waals surface area contributed by atoms with Crippen LogP contribution >= 0.6 is 43.2 Å². The van der Waals surface area contributed by atoms with E-state index in [0.717, 1.165) is 19.3 Å². The maximum Gasteiger partial charge on any atom is 0.253 e. The van der Waals surface area contributed by atoms with Gasteiger partial charge in [-0.05, 0) is 40.2 Å². The average molecular weight is 403 g/mol. The number of hydrogen-bond acceptors (Lipinski definition) is 3. The van der Waals surface area contributed by atoms with Crippen LogP contribution in [0.15, 0.2) is 20.1 Å². The standard InChI is InChI=1S/C10H13Br2NO2S2/c11-7-8-3-1-2-5-13(8)17(14,15)10-9(12)4-6-16-10/h4,6,8H,1-3,5,7H2. The fourth-order valence-corrected chi connectivity index (χ4v) is 7.00. The van der Waals surface area contributed by atoms with Crippen LogP contribution in [0.4, 0.5) is 0 Å². The first kappa shape index (κ1) is 14.0. The molecular weight excluding hydrogens is 390 g/mol. The third-order valence-corrected chi connectivity index (χ3v) is 8.23. The maximum absolute atomic E-state index is 12.5. The van der Waals surface area contributed by atoms with Crippen molar-refractivity contribution in [1.29, 1.82) is 0 Å². The molecule has 3 nitrogen and oxygen atoms in total. The van der Waals surface area contributed by atoms with Gasteiger partial charge in [0.05, 0.1) is 0 Å². The van der Waals surface area contributed by atoms with E-state index < -0.39 is 10.0 Å². The second kappa shape index (κ2) is 5.69. The molecule has 0 N–H and O–H groups in total. The predicted octanol–water partition coefficient (Wildman–Crippen LogP) is 3.45. The molecule has 1 saturated heterocycles. The molecule has 2 rings (SSSR count). The maximum atomic E-state index is 12.5. The van der Waals surface area contributed by atoms with Crippen molar-refractivity contribution in [2.75, 3.05) is 11.9 Å². The molecule has 7 heteroatoms. The van der Waals surface area contributed by atoms with Crippen LogP contribution in [0.1, 0.15) is 19.3 Å². The van der Waals surface area contributed by atoms with Crippen molar-refractivity contribution in [1.82, 2.24) is 4.31 Å². The Hall–Kier alpha value is 0.570. The Labute approximate surface area is 123 Å². The van der Waals surface area contributed by atoms with Crippen molar-refractivity contribution in [3.8, 4) is 0 Å². The van der Waals surface area contributed by atoms with E-state index in [1.54, 1.807) is 15.8 Å². The second-order valence-corrected chi connectivity index (χ2v) is 8.48. The van der Waals surface area contributed by atoms with Gasteiger partial charge in [0.25, 0.3) is 10.0 Å². The number of hydrogen-bond donors (Lipinski definition) is 0. The molecule has 1 aromatic heterocycles. The lowest BCUT2D eigenvalue weighted by atomic mass is 10.1. The molecule has 0 amide bonds. The summed E-state index contributed by atoms with van der Waals surface area (Å²) in [5.74, 6) is 0. The molecule has 1 fully saturated rings. The van der Waals surface area contributed by atoms with Gasteiger partial charge in [-0.3, -0.25) is 0 Å². The highest BCUT2D eigenvalue weighted by atomic mass is 79.9. The molecular formula is C10H13Br2NO2S2. The van der Waals surface area contributed by atoms with E-state index in [4.69, 9.17) is 0 Å². The Kier molecular flexibility index (Phi) is 4.68. The number of halogens is 2. The summed E-state index contributed by atoms with van der Waals surface area (Å²) < 4.78 is 27.8. The van der Waals surface area contributed by atoms with Crippen LogP contribution in [-0.4, -0.2) is 30.6 Å². The van der Waals surface area contributed by atoms with Gasteiger partial charge in [0, 0.05) is 22.4 Å². The molecule has 1 unspecified atom stereocenters. The largest absolute Gasteiger partial charge is 0.253 e. The van der Waals surface area contributed by atoms with Crippen molar-refractivity contribution in [3.05, 3.63) is 15.9 Å². The topological polar surface area (TPSA) is 37.4 Å². The van der Waals surface area contributed by atoms with Gasteiger partial charge >= 0.3 is 0 Å². The Morgan fingerprint density at radius 1 is 1.47 bits per heavy atom. The fraction of sp³-hybridized carbons (Fsp3) is 0.600. The number of rotatable bonds is 3. The second-order valence-electron chi connectivity index (χ2n) is 3.98. The van der Waals surface area contributed by atoms with Gasteiger partial charge in [0.1, 0.15) is 4.21 Å². The normalized spacial score (nSPS) is 22.8. The van der Waals surface area contributed by atoms with Gasteiger partial charge in [-0.2, -0.15) is 4.31 Å². The Bertz CT molecular complexity index is 486. The van der Waals surface area contributed by atoms with E-state index in [1.807, 2.05) is 0 Å². The lowest BCUT2D eigenvalue weighted by Crippen LogP contribution is -2.44. The average Bonchev–Trinajstić information content (AvgIpc) is 2.76. The minimum atomic E-state index is -3.34. The minimum absolute atomic E-state index is 0.0859. The first-order valence-electron chi connectivity index (χ1n) is 5.38. The van der Waals surface area contributed by atoms with E-state index in [-0.39, 0.29) is 6.04 Å². The van der Waals surface area contributed by atoms with Crippen molar-refractivity contribution in [3.63, 3.8) is 0 Å². The highest BCUT2D eigenvalue weighted by molar-refractivity contribution is 9.10. The van der Waals surface area contributed by atoms with Crippen LogP contribution in [0.25, 0.3) is 0 Å². The summed E-state index contributed by atoms with van der Waals surface area (Å²) in [7, 11) is -3.34. The molecule has 2 heterocycles. The molecule has 96 valence electrons. The van der Waals surface area contributed by atoms with E-state index >= 15 is 0 Å². The molecule has 1 aromatic rings. The summed E-state index contributed by atoms with van der Waals surface area (Å²) in [4.78, 5) is 0. The van der Waals surface area contributed by atoms with Gasteiger partial charge in [-0.25, -0.2) is 8.42 Å². The lowest BCUT2D eigenvalue weighted by Gasteiger charge is -2.33.